The SMILES string of the molecule is O=c1cc(Oc2cc(F)ccc2F)nc(C2CC2)[nH]1. The highest BCUT2D eigenvalue weighted by Gasteiger charge is 2.26. The summed E-state index contributed by atoms with van der Waals surface area (Å²) in [5.41, 5.74) is -0.372. The highest BCUT2D eigenvalue weighted by molar-refractivity contribution is 5.29. The van der Waals surface area contributed by atoms with Crippen LogP contribution in [0.2, 0.25) is 0 Å². The van der Waals surface area contributed by atoms with Crippen LogP contribution in [0.3, 0.4) is 0 Å². The first-order valence-corrected chi connectivity index (χ1v) is 5.86. The molecule has 4 nitrogen and oxygen atoms in total. The maximum atomic E-state index is 13.4. The van der Waals surface area contributed by atoms with E-state index in [1.165, 1.54) is 0 Å². The number of benzene rings is 1. The van der Waals surface area contributed by atoms with Crippen LogP contribution in [0.4, 0.5) is 8.78 Å². The van der Waals surface area contributed by atoms with Crippen LogP contribution in [0.15, 0.2) is 29.1 Å². The monoisotopic (exact) mass is 264 g/mol. The summed E-state index contributed by atoms with van der Waals surface area (Å²) in [5, 5.41) is 0. The second kappa shape index (κ2) is 4.46. The third-order valence-electron chi connectivity index (χ3n) is 2.81. The summed E-state index contributed by atoms with van der Waals surface area (Å²) in [6.07, 6.45) is 1.92. The molecule has 0 atom stereocenters. The van der Waals surface area contributed by atoms with Gasteiger partial charge < -0.3 is 9.72 Å². The van der Waals surface area contributed by atoms with Gasteiger partial charge in [-0.15, -0.1) is 0 Å². The van der Waals surface area contributed by atoms with E-state index in [1.807, 2.05) is 0 Å². The quantitative estimate of drug-likeness (QED) is 0.927. The van der Waals surface area contributed by atoms with Gasteiger partial charge in [0.25, 0.3) is 5.56 Å². The zero-order valence-corrected chi connectivity index (χ0v) is 9.82. The van der Waals surface area contributed by atoms with Crippen LogP contribution in [0.25, 0.3) is 0 Å². The first kappa shape index (κ1) is 11.8. The zero-order valence-electron chi connectivity index (χ0n) is 9.82. The molecule has 1 aliphatic rings. The third kappa shape index (κ3) is 2.62. The molecule has 2 aromatic rings. The van der Waals surface area contributed by atoms with Crippen LogP contribution in [-0.2, 0) is 0 Å². The van der Waals surface area contributed by atoms with Gasteiger partial charge in [-0.1, -0.05) is 0 Å². The Morgan fingerprint density at radius 3 is 2.79 bits per heavy atom. The summed E-state index contributed by atoms with van der Waals surface area (Å²) in [6.45, 7) is 0. The van der Waals surface area contributed by atoms with E-state index in [0.717, 1.165) is 37.1 Å². The average molecular weight is 264 g/mol. The van der Waals surface area contributed by atoms with E-state index in [2.05, 4.69) is 9.97 Å². The minimum Gasteiger partial charge on any atom is -0.436 e. The van der Waals surface area contributed by atoms with Gasteiger partial charge in [0.05, 0.1) is 6.07 Å². The number of aromatic nitrogens is 2. The lowest BCUT2D eigenvalue weighted by molar-refractivity contribution is 0.419. The van der Waals surface area contributed by atoms with Gasteiger partial charge >= 0.3 is 0 Å². The van der Waals surface area contributed by atoms with Crippen molar-refractivity contribution < 1.29 is 13.5 Å². The Kier molecular flexibility index (Phi) is 2.77. The largest absolute Gasteiger partial charge is 0.436 e. The Morgan fingerprint density at radius 2 is 2.05 bits per heavy atom. The van der Waals surface area contributed by atoms with E-state index < -0.39 is 11.6 Å². The first-order valence-electron chi connectivity index (χ1n) is 5.86. The van der Waals surface area contributed by atoms with E-state index in [4.69, 9.17) is 4.74 Å². The number of H-pyrrole nitrogens is 1. The van der Waals surface area contributed by atoms with Crippen molar-refractivity contribution in [2.45, 2.75) is 18.8 Å². The lowest BCUT2D eigenvalue weighted by atomic mass is 10.3. The van der Waals surface area contributed by atoms with Gasteiger partial charge in [0.1, 0.15) is 11.6 Å². The van der Waals surface area contributed by atoms with E-state index in [-0.39, 0.29) is 23.1 Å². The van der Waals surface area contributed by atoms with Crippen molar-refractivity contribution in [2.75, 3.05) is 0 Å². The maximum absolute atomic E-state index is 13.4. The molecular weight excluding hydrogens is 254 g/mol. The van der Waals surface area contributed by atoms with Crippen LogP contribution in [0.5, 0.6) is 11.6 Å². The molecule has 1 N–H and O–H groups in total. The van der Waals surface area contributed by atoms with Crippen LogP contribution in [-0.4, -0.2) is 9.97 Å². The summed E-state index contributed by atoms with van der Waals surface area (Å²) >= 11 is 0. The fourth-order valence-electron chi connectivity index (χ4n) is 1.72. The van der Waals surface area contributed by atoms with Crippen molar-refractivity contribution in [2.24, 2.45) is 0 Å². The van der Waals surface area contributed by atoms with Gasteiger partial charge in [-0.3, -0.25) is 4.79 Å². The molecule has 0 aliphatic heterocycles. The van der Waals surface area contributed by atoms with Crippen molar-refractivity contribution in [3.63, 3.8) is 0 Å². The van der Waals surface area contributed by atoms with Crippen molar-refractivity contribution in [1.29, 1.82) is 0 Å². The zero-order chi connectivity index (χ0) is 13.4. The minimum absolute atomic E-state index is 0.0323. The number of hydrogen-bond acceptors (Lipinski definition) is 3. The molecule has 6 heteroatoms. The average Bonchev–Trinajstić information content (AvgIpc) is 3.17. The third-order valence-corrected chi connectivity index (χ3v) is 2.81. The Labute approximate surface area is 107 Å². The molecule has 0 saturated heterocycles. The summed E-state index contributed by atoms with van der Waals surface area (Å²) < 4.78 is 31.6. The van der Waals surface area contributed by atoms with Gasteiger partial charge in [-0.2, -0.15) is 4.98 Å². The number of nitrogens with zero attached hydrogens (tertiary/aromatic N) is 1. The molecule has 1 heterocycles. The Hall–Kier alpha value is -2.24. The van der Waals surface area contributed by atoms with E-state index >= 15 is 0 Å². The summed E-state index contributed by atoms with van der Waals surface area (Å²) in [5.74, 6) is -0.900. The van der Waals surface area contributed by atoms with Crippen molar-refractivity contribution in [1.82, 2.24) is 9.97 Å². The predicted octanol–water partition coefficient (Wildman–Crippen LogP) is 2.72. The van der Waals surface area contributed by atoms with Crippen molar-refractivity contribution in [3.05, 3.63) is 52.1 Å². The van der Waals surface area contributed by atoms with Crippen molar-refractivity contribution >= 4 is 0 Å². The molecule has 0 unspecified atom stereocenters. The molecule has 98 valence electrons. The standard InChI is InChI=1S/C13H10F2N2O2/c14-8-3-4-9(15)10(5-8)19-12-6-11(18)16-13(17-12)7-1-2-7/h3-7H,1-2H2,(H,16,17,18). The molecular formula is C13H10F2N2O2. The fraction of sp³-hybridized carbons (Fsp3) is 0.231. The molecule has 1 aliphatic carbocycles. The molecule has 1 aromatic heterocycles. The number of hydrogen-bond donors (Lipinski definition) is 1. The lowest BCUT2D eigenvalue weighted by Crippen LogP contribution is -2.10. The topological polar surface area (TPSA) is 55.0 Å². The smallest absolute Gasteiger partial charge is 0.254 e. The highest BCUT2D eigenvalue weighted by Crippen LogP contribution is 2.38. The van der Waals surface area contributed by atoms with Gasteiger partial charge in [0, 0.05) is 12.0 Å². The minimum atomic E-state index is -0.712. The van der Waals surface area contributed by atoms with Crippen LogP contribution in [0.1, 0.15) is 24.6 Å². The first-order chi connectivity index (χ1) is 9.11. The van der Waals surface area contributed by atoms with E-state index in [9.17, 15) is 13.6 Å². The molecule has 3 rings (SSSR count). The molecule has 0 amide bonds. The Balaban J connectivity index is 1.94. The second-order valence-corrected chi connectivity index (χ2v) is 4.42. The molecule has 1 fully saturated rings. The fourth-order valence-corrected chi connectivity index (χ4v) is 1.72. The molecule has 1 saturated carbocycles. The lowest BCUT2D eigenvalue weighted by Gasteiger charge is -2.06. The normalized spacial score (nSPS) is 14.4. The summed E-state index contributed by atoms with van der Waals surface area (Å²) in [7, 11) is 0. The summed E-state index contributed by atoms with van der Waals surface area (Å²) in [6, 6.07) is 3.97. The number of nitrogens with one attached hydrogen (secondary N) is 1. The Bertz CT molecular complexity index is 681. The molecule has 0 bridgehead atoms. The number of halogens is 2. The molecule has 1 aromatic carbocycles. The number of ether oxygens (including phenoxy) is 1. The predicted molar refractivity (Wildman–Crippen MR) is 63.3 cm³/mol. The second-order valence-electron chi connectivity index (χ2n) is 4.42. The van der Waals surface area contributed by atoms with Gasteiger partial charge in [-0.05, 0) is 25.0 Å². The number of rotatable bonds is 3. The van der Waals surface area contributed by atoms with Crippen molar-refractivity contribution in [3.8, 4) is 11.6 Å². The molecule has 19 heavy (non-hydrogen) atoms. The maximum Gasteiger partial charge on any atom is 0.254 e. The highest BCUT2D eigenvalue weighted by atomic mass is 19.1. The van der Waals surface area contributed by atoms with Crippen LogP contribution >= 0.6 is 0 Å². The van der Waals surface area contributed by atoms with E-state index in [1.54, 1.807) is 0 Å². The molecule has 0 spiro atoms. The van der Waals surface area contributed by atoms with Gasteiger partial charge in [0.2, 0.25) is 5.88 Å². The van der Waals surface area contributed by atoms with Crippen LogP contribution < -0.4 is 10.3 Å². The molecule has 0 radical (unpaired) electrons. The Morgan fingerprint density at radius 1 is 1.26 bits per heavy atom. The summed E-state index contributed by atoms with van der Waals surface area (Å²) in [4.78, 5) is 18.1. The van der Waals surface area contributed by atoms with Crippen LogP contribution in [0, 0.1) is 11.6 Å². The van der Waals surface area contributed by atoms with Gasteiger partial charge in [-0.25, -0.2) is 8.78 Å². The van der Waals surface area contributed by atoms with Gasteiger partial charge in [0.15, 0.2) is 11.6 Å². The van der Waals surface area contributed by atoms with E-state index in [0.29, 0.717) is 5.82 Å². The number of aromatic amines is 1.